The number of esters is 1. The fourth-order valence-corrected chi connectivity index (χ4v) is 6.86. The van der Waals surface area contributed by atoms with E-state index in [1.54, 1.807) is 29.5 Å². The van der Waals surface area contributed by atoms with Gasteiger partial charge in [-0.1, -0.05) is 6.07 Å². The van der Waals surface area contributed by atoms with Crippen LogP contribution in [0.15, 0.2) is 29.1 Å². The number of amides is 1. The number of aromatic nitrogens is 1. The predicted molar refractivity (Wildman–Crippen MR) is 148 cm³/mol. The maximum Gasteiger partial charge on any atom is 0.336 e. The van der Waals surface area contributed by atoms with Gasteiger partial charge in [0.25, 0.3) is 0 Å². The van der Waals surface area contributed by atoms with Gasteiger partial charge in [0.05, 0.1) is 55.3 Å². The Morgan fingerprint density at radius 2 is 1.91 bits per heavy atom. The van der Waals surface area contributed by atoms with Crippen molar-refractivity contribution in [3.63, 3.8) is 0 Å². The number of ether oxygens (including phenoxy) is 2. The molecule has 1 spiro atoms. The summed E-state index contributed by atoms with van der Waals surface area (Å²) in [6.07, 6.45) is -0.443. The van der Waals surface area contributed by atoms with Gasteiger partial charge in [0.15, 0.2) is 5.60 Å². The van der Waals surface area contributed by atoms with Crippen LogP contribution in [0, 0.1) is 11.7 Å². The highest BCUT2D eigenvalue weighted by Crippen LogP contribution is 2.44. The van der Waals surface area contributed by atoms with E-state index in [1.807, 2.05) is 5.38 Å². The number of carboxylic acids is 2. The molecule has 14 heteroatoms. The number of aliphatic hydroxyl groups is 1. The number of hydrogen-bond donors (Lipinski definition) is 3. The molecule has 0 bridgehead atoms. The smallest absolute Gasteiger partial charge is 0.336 e. The molecule has 43 heavy (non-hydrogen) atoms. The Bertz CT molecular complexity index is 1390. The fraction of sp³-hybridized carbons (Fsp3) is 0.552. The van der Waals surface area contributed by atoms with E-state index in [9.17, 15) is 33.8 Å². The molecule has 12 nitrogen and oxygen atoms in total. The Morgan fingerprint density at radius 1 is 1.19 bits per heavy atom. The van der Waals surface area contributed by atoms with Crippen LogP contribution in [0.4, 0.5) is 4.39 Å². The van der Waals surface area contributed by atoms with Crippen LogP contribution in [0.25, 0.3) is 0 Å². The van der Waals surface area contributed by atoms with Crippen LogP contribution < -0.4 is 0 Å². The molecule has 0 aliphatic carbocycles. The van der Waals surface area contributed by atoms with Crippen molar-refractivity contribution in [2.24, 2.45) is 5.92 Å². The molecular formula is C29H34FN3O9S. The van der Waals surface area contributed by atoms with Gasteiger partial charge in [-0.25, -0.2) is 14.2 Å². The van der Waals surface area contributed by atoms with Crippen LogP contribution >= 0.6 is 11.3 Å². The van der Waals surface area contributed by atoms with Crippen molar-refractivity contribution in [3.8, 4) is 0 Å². The molecule has 3 aliphatic heterocycles. The predicted octanol–water partition coefficient (Wildman–Crippen LogP) is 1.79. The van der Waals surface area contributed by atoms with Gasteiger partial charge in [-0.3, -0.25) is 14.4 Å². The first-order valence-corrected chi connectivity index (χ1v) is 14.9. The summed E-state index contributed by atoms with van der Waals surface area (Å²) >= 11 is 1.44. The van der Waals surface area contributed by atoms with E-state index >= 15 is 0 Å². The van der Waals surface area contributed by atoms with Gasteiger partial charge >= 0.3 is 17.9 Å². The number of hydrogen-bond acceptors (Lipinski definition) is 10. The molecule has 5 rings (SSSR count). The minimum Gasteiger partial charge on any atom is -0.481 e. The van der Waals surface area contributed by atoms with E-state index in [4.69, 9.17) is 14.6 Å². The monoisotopic (exact) mass is 619 g/mol. The molecule has 0 saturated carbocycles. The quantitative estimate of drug-likeness (QED) is 0.314. The molecule has 2 unspecified atom stereocenters. The summed E-state index contributed by atoms with van der Waals surface area (Å²) in [5.41, 5.74) is -0.0311. The molecule has 3 aliphatic rings. The van der Waals surface area contributed by atoms with E-state index in [-0.39, 0.29) is 24.8 Å². The van der Waals surface area contributed by atoms with Crippen LogP contribution in [0.1, 0.15) is 49.4 Å². The highest BCUT2D eigenvalue weighted by Gasteiger charge is 2.49. The Morgan fingerprint density at radius 3 is 2.53 bits per heavy atom. The highest BCUT2D eigenvalue weighted by atomic mass is 32.1. The second-order valence-corrected chi connectivity index (χ2v) is 12.7. The molecule has 4 heterocycles. The van der Waals surface area contributed by atoms with E-state index in [1.165, 1.54) is 17.4 Å². The van der Waals surface area contributed by atoms with Gasteiger partial charge in [-0.05, 0) is 43.0 Å². The summed E-state index contributed by atoms with van der Waals surface area (Å²) in [5, 5.41) is 30.2. The van der Waals surface area contributed by atoms with Gasteiger partial charge in [-0.2, -0.15) is 0 Å². The second kappa shape index (κ2) is 11.9. The second-order valence-electron chi connectivity index (χ2n) is 12.0. The maximum absolute atomic E-state index is 14.0. The lowest BCUT2D eigenvalue weighted by atomic mass is 9.83. The van der Waals surface area contributed by atoms with Crippen LogP contribution in [0.5, 0.6) is 0 Å². The Kier molecular flexibility index (Phi) is 8.58. The summed E-state index contributed by atoms with van der Waals surface area (Å²) in [6, 6.07) is 4.78. The van der Waals surface area contributed by atoms with Crippen molar-refractivity contribution in [2.45, 2.75) is 62.4 Å². The van der Waals surface area contributed by atoms with Crippen molar-refractivity contribution in [1.29, 1.82) is 0 Å². The van der Waals surface area contributed by atoms with Gasteiger partial charge in [0.2, 0.25) is 5.91 Å². The number of carbonyl (C=O) groups is 4. The average Bonchev–Trinajstić information content (AvgIpc) is 3.55. The van der Waals surface area contributed by atoms with Crippen LogP contribution in [-0.2, 0) is 47.3 Å². The molecule has 1 aromatic carbocycles. The zero-order chi connectivity index (χ0) is 31.0. The molecule has 2 saturated heterocycles. The SMILES string of the molecule is CC1(OC(=O)CC(O)(CC(=O)O)C(=O)O)CN(C(=O)C(Cc2cscn2)CN2CCC3(CC2)OCc2ccc(F)cc23)C1. The Labute approximate surface area is 251 Å². The van der Waals surface area contributed by atoms with Gasteiger partial charge < -0.3 is 34.6 Å². The average molecular weight is 620 g/mol. The summed E-state index contributed by atoms with van der Waals surface area (Å²) in [4.78, 5) is 56.6. The first-order chi connectivity index (χ1) is 20.3. The molecule has 1 aromatic heterocycles. The Hall–Kier alpha value is -3.46. The third kappa shape index (κ3) is 6.71. The van der Waals surface area contributed by atoms with Gasteiger partial charge in [-0.15, -0.1) is 11.3 Å². The summed E-state index contributed by atoms with van der Waals surface area (Å²) in [5.74, 6) is -5.35. The van der Waals surface area contributed by atoms with Crippen molar-refractivity contribution >= 4 is 35.2 Å². The summed E-state index contributed by atoms with van der Waals surface area (Å²) in [6.45, 7) is 3.96. The molecule has 3 N–H and O–H groups in total. The number of rotatable bonds is 11. The highest BCUT2D eigenvalue weighted by molar-refractivity contribution is 7.07. The first kappa shape index (κ1) is 31.0. The van der Waals surface area contributed by atoms with Gasteiger partial charge in [0.1, 0.15) is 11.4 Å². The van der Waals surface area contributed by atoms with Crippen molar-refractivity contribution < 1.29 is 48.4 Å². The maximum atomic E-state index is 14.0. The minimum atomic E-state index is -2.80. The topological polar surface area (TPSA) is 167 Å². The number of carbonyl (C=O) groups excluding carboxylic acids is 2. The van der Waals surface area contributed by atoms with Crippen molar-refractivity contribution in [1.82, 2.24) is 14.8 Å². The molecule has 2 fully saturated rings. The Balaban J connectivity index is 1.19. The van der Waals surface area contributed by atoms with Crippen LogP contribution in [0.2, 0.25) is 0 Å². The molecule has 0 radical (unpaired) electrons. The lowest BCUT2D eigenvalue weighted by molar-refractivity contribution is -0.191. The number of likely N-dealkylation sites (tertiary alicyclic amines) is 2. The molecule has 1 amide bonds. The first-order valence-electron chi connectivity index (χ1n) is 14.0. The molecular weight excluding hydrogens is 585 g/mol. The third-order valence-electron chi connectivity index (χ3n) is 8.50. The molecule has 2 atom stereocenters. The standard InChI is InChI=1S/C29H34FN3O9S/c1-27(42-24(36)11-28(40,26(38)39)10-23(34)35)15-33(16-27)25(37)19(8-21-14-43-17-31-21)12-32-6-4-29(5-7-32)22-9-20(30)3-2-18(22)13-41-29/h2-3,9,14,17,19,40H,4-8,10-13,15-16H2,1H3,(H,34,35)(H,38,39). The van der Waals surface area contributed by atoms with Gasteiger partial charge in [0, 0.05) is 31.4 Å². The largest absolute Gasteiger partial charge is 0.481 e. The number of aliphatic carboxylic acids is 2. The minimum absolute atomic E-state index is 0.0644. The zero-order valence-corrected chi connectivity index (χ0v) is 24.5. The fourth-order valence-electron chi connectivity index (χ4n) is 6.29. The third-order valence-corrected chi connectivity index (χ3v) is 9.13. The normalized spacial score (nSPS) is 21.0. The number of carboxylic acid groups (broad SMARTS) is 2. The molecule has 2 aromatic rings. The van der Waals surface area contributed by atoms with Crippen LogP contribution in [-0.4, -0.2) is 97.8 Å². The number of halogens is 1. The van der Waals surface area contributed by atoms with Crippen molar-refractivity contribution in [2.75, 3.05) is 32.7 Å². The lowest BCUT2D eigenvalue weighted by Gasteiger charge is -2.48. The number of benzene rings is 1. The summed E-state index contributed by atoms with van der Waals surface area (Å²) in [7, 11) is 0. The molecule has 232 valence electrons. The number of nitrogens with zero attached hydrogens (tertiary/aromatic N) is 3. The van der Waals surface area contributed by atoms with E-state index in [0.29, 0.717) is 45.5 Å². The number of fused-ring (bicyclic) bond motifs is 2. The summed E-state index contributed by atoms with van der Waals surface area (Å²) < 4.78 is 25.6. The lowest BCUT2D eigenvalue weighted by Crippen LogP contribution is -2.65. The van der Waals surface area contributed by atoms with E-state index in [2.05, 4.69) is 9.88 Å². The van der Waals surface area contributed by atoms with E-state index < -0.39 is 53.5 Å². The van der Waals surface area contributed by atoms with Crippen molar-refractivity contribution in [3.05, 3.63) is 51.7 Å². The zero-order valence-electron chi connectivity index (χ0n) is 23.7. The van der Waals surface area contributed by atoms with Crippen LogP contribution in [0.3, 0.4) is 0 Å². The van der Waals surface area contributed by atoms with E-state index in [0.717, 1.165) is 16.8 Å². The number of thiazole rings is 1. The number of piperidine rings is 1.